The van der Waals surface area contributed by atoms with Crippen LogP contribution in [0.1, 0.15) is 35.3 Å². The molecule has 0 radical (unpaired) electrons. The zero-order valence-corrected chi connectivity index (χ0v) is 10.8. The van der Waals surface area contributed by atoms with Crippen molar-refractivity contribution in [3.8, 4) is 0 Å². The van der Waals surface area contributed by atoms with Gasteiger partial charge < -0.3 is 4.57 Å². The zero-order valence-electron chi connectivity index (χ0n) is 9.98. The SMILES string of the molecule is CS(=O)(=O)CCCn1ccc2c1CCCC2=O. The average molecular weight is 255 g/mol. The summed E-state index contributed by atoms with van der Waals surface area (Å²) in [5.74, 6) is 0.418. The number of ketones is 1. The maximum Gasteiger partial charge on any atom is 0.164 e. The summed E-state index contributed by atoms with van der Waals surface area (Å²) in [5.41, 5.74) is 1.91. The molecule has 5 heteroatoms. The summed E-state index contributed by atoms with van der Waals surface area (Å²) in [7, 11) is -2.89. The third kappa shape index (κ3) is 2.97. The van der Waals surface area contributed by atoms with Crippen molar-refractivity contribution in [2.75, 3.05) is 12.0 Å². The van der Waals surface area contributed by atoms with Gasteiger partial charge in [0.05, 0.1) is 5.75 Å². The van der Waals surface area contributed by atoms with E-state index in [-0.39, 0.29) is 11.5 Å². The average Bonchev–Trinajstić information content (AvgIpc) is 2.61. The van der Waals surface area contributed by atoms with Crippen LogP contribution in [0.4, 0.5) is 0 Å². The van der Waals surface area contributed by atoms with E-state index in [2.05, 4.69) is 0 Å². The van der Waals surface area contributed by atoms with Gasteiger partial charge in [0.2, 0.25) is 0 Å². The van der Waals surface area contributed by atoms with Crippen LogP contribution in [-0.2, 0) is 22.8 Å². The normalized spacial score (nSPS) is 15.9. The maximum absolute atomic E-state index is 11.6. The van der Waals surface area contributed by atoms with E-state index < -0.39 is 9.84 Å². The molecule has 0 aromatic carbocycles. The molecule has 1 aromatic heterocycles. The Labute approximate surface area is 102 Å². The van der Waals surface area contributed by atoms with Crippen molar-refractivity contribution in [3.05, 3.63) is 23.5 Å². The van der Waals surface area contributed by atoms with Crippen molar-refractivity contribution in [3.63, 3.8) is 0 Å². The molecular formula is C12H17NO3S. The molecule has 0 atom stereocenters. The van der Waals surface area contributed by atoms with Gasteiger partial charge in [0.25, 0.3) is 0 Å². The van der Waals surface area contributed by atoms with Gasteiger partial charge in [0, 0.05) is 36.7 Å². The molecule has 0 spiro atoms. The van der Waals surface area contributed by atoms with Crippen LogP contribution in [0.3, 0.4) is 0 Å². The highest BCUT2D eigenvalue weighted by Crippen LogP contribution is 2.22. The molecule has 94 valence electrons. The van der Waals surface area contributed by atoms with Crippen molar-refractivity contribution < 1.29 is 13.2 Å². The third-order valence-corrected chi connectivity index (χ3v) is 4.14. The predicted molar refractivity (Wildman–Crippen MR) is 66.0 cm³/mol. The van der Waals surface area contributed by atoms with Gasteiger partial charge in [-0.15, -0.1) is 0 Å². The largest absolute Gasteiger partial charge is 0.351 e. The first kappa shape index (κ1) is 12.4. The van der Waals surface area contributed by atoms with Crippen molar-refractivity contribution >= 4 is 15.6 Å². The third-order valence-electron chi connectivity index (χ3n) is 3.11. The summed E-state index contributed by atoms with van der Waals surface area (Å²) in [4.78, 5) is 11.6. The lowest BCUT2D eigenvalue weighted by Crippen LogP contribution is -2.14. The molecule has 0 amide bonds. The number of hydrogen-bond acceptors (Lipinski definition) is 3. The number of hydrogen-bond donors (Lipinski definition) is 0. The Morgan fingerprint density at radius 1 is 1.35 bits per heavy atom. The van der Waals surface area contributed by atoms with Crippen molar-refractivity contribution in [2.45, 2.75) is 32.2 Å². The van der Waals surface area contributed by atoms with Gasteiger partial charge in [-0.3, -0.25) is 4.79 Å². The lowest BCUT2D eigenvalue weighted by Gasteiger charge is -2.14. The molecule has 0 aliphatic heterocycles. The van der Waals surface area contributed by atoms with Gasteiger partial charge >= 0.3 is 0 Å². The minimum atomic E-state index is -2.89. The van der Waals surface area contributed by atoms with Crippen LogP contribution >= 0.6 is 0 Å². The van der Waals surface area contributed by atoms with Crippen molar-refractivity contribution in [1.82, 2.24) is 4.57 Å². The number of carbonyl (C=O) groups excluding carboxylic acids is 1. The fourth-order valence-electron chi connectivity index (χ4n) is 2.30. The summed E-state index contributed by atoms with van der Waals surface area (Å²) in [6, 6.07) is 1.86. The highest BCUT2D eigenvalue weighted by Gasteiger charge is 2.20. The number of fused-ring (bicyclic) bond motifs is 1. The van der Waals surface area contributed by atoms with Crippen LogP contribution in [0, 0.1) is 0 Å². The number of sulfone groups is 1. The Bertz CT molecular complexity index is 528. The quantitative estimate of drug-likeness (QED) is 0.818. The number of rotatable bonds is 4. The molecule has 1 aliphatic carbocycles. The molecule has 0 bridgehead atoms. The van der Waals surface area contributed by atoms with E-state index in [9.17, 15) is 13.2 Å². The minimum Gasteiger partial charge on any atom is -0.351 e. The van der Waals surface area contributed by atoms with Crippen LogP contribution in [0.2, 0.25) is 0 Å². The molecule has 1 aliphatic rings. The van der Waals surface area contributed by atoms with E-state index in [4.69, 9.17) is 0 Å². The van der Waals surface area contributed by atoms with E-state index >= 15 is 0 Å². The molecular weight excluding hydrogens is 238 g/mol. The van der Waals surface area contributed by atoms with Crippen molar-refractivity contribution in [1.29, 1.82) is 0 Å². The lowest BCUT2D eigenvalue weighted by atomic mass is 9.97. The first-order valence-electron chi connectivity index (χ1n) is 5.86. The second kappa shape index (κ2) is 4.64. The van der Waals surface area contributed by atoms with Crippen LogP contribution in [0.15, 0.2) is 12.3 Å². The monoisotopic (exact) mass is 255 g/mol. The fraction of sp³-hybridized carbons (Fsp3) is 0.583. The Balaban J connectivity index is 2.05. The van der Waals surface area contributed by atoms with Crippen molar-refractivity contribution in [2.24, 2.45) is 0 Å². The molecule has 1 heterocycles. The number of nitrogens with zero attached hydrogens (tertiary/aromatic N) is 1. The van der Waals surface area contributed by atoms with Crippen LogP contribution < -0.4 is 0 Å². The number of aryl methyl sites for hydroxylation is 1. The first-order valence-corrected chi connectivity index (χ1v) is 7.92. The molecule has 2 rings (SSSR count). The maximum atomic E-state index is 11.6. The van der Waals surface area contributed by atoms with Gasteiger partial charge in [-0.1, -0.05) is 0 Å². The summed E-state index contributed by atoms with van der Waals surface area (Å²) in [6.45, 7) is 0.676. The van der Waals surface area contributed by atoms with Gasteiger partial charge in [-0.05, 0) is 25.3 Å². The molecule has 0 saturated heterocycles. The van der Waals surface area contributed by atoms with Gasteiger partial charge in [-0.2, -0.15) is 0 Å². The molecule has 0 fully saturated rings. The first-order chi connectivity index (χ1) is 7.97. The van der Waals surface area contributed by atoms with E-state index in [0.717, 1.165) is 24.1 Å². The van der Waals surface area contributed by atoms with E-state index in [1.807, 2.05) is 16.8 Å². The highest BCUT2D eigenvalue weighted by atomic mass is 32.2. The topological polar surface area (TPSA) is 56.1 Å². The second-order valence-corrected chi connectivity index (χ2v) is 6.89. The molecule has 0 saturated carbocycles. The molecule has 0 unspecified atom stereocenters. The zero-order chi connectivity index (χ0) is 12.5. The molecule has 4 nitrogen and oxygen atoms in total. The predicted octanol–water partition coefficient (Wildman–Crippen LogP) is 1.44. The Morgan fingerprint density at radius 2 is 2.12 bits per heavy atom. The Hall–Kier alpha value is -1.10. The fourth-order valence-corrected chi connectivity index (χ4v) is 2.95. The smallest absolute Gasteiger partial charge is 0.164 e. The number of carbonyl (C=O) groups is 1. The summed E-state index contributed by atoms with van der Waals surface area (Å²) in [6.07, 6.45) is 6.22. The van der Waals surface area contributed by atoms with Gasteiger partial charge in [0.15, 0.2) is 5.78 Å². The molecule has 1 aromatic rings. The Kier molecular flexibility index (Phi) is 3.38. The van der Waals surface area contributed by atoms with E-state index in [1.54, 1.807) is 0 Å². The van der Waals surface area contributed by atoms with Crippen LogP contribution in [0.5, 0.6) is 0 Å². The Morgan fingerprint density at radius 3 is 2.82 bits per heavy atom. The van der Waals surface area contributed by atoms with Gasteiger partial charge in [0.1, 0.15) is 9.84 Å². The molecule has 0 N–H and O–H groups in total. The van der Waals surface area contributed by atoms with E-state index in [1.165, 1.54) is 6.26 Å². The van der Waals surface area contributed by atoms with Gasteiger partial charge in [-0.25, -0.2) is 8.42 Å². The minimum absolute atomic E-state index is 0.202. The lowest BCUT2D eigenvalue weighted by molar-refractivity contribution is 0.0971. The number of Topliss-reactive ketones (excluding diaryl/α,β-unsaturated/α-hetero) is 1. The van der Waals surface area contributed by atoms with Crippen LogP contribution in [-0.4, -0.2) is 30.8 Å². The highest BCUT2D eigenvalue weighted by molar-refractivity contribution is 7.90. The summed E-state index contributed by atoms with van der Waals surface area (Å²) < 4.78 is 24.1. The van der Waals surface area contributed by atoms with E-state index in [0.29, 0.717) is 19.4 Å². The number of aromatic nitrogens is 1. The van der Waals surface area contributed by atoms with Crippen LogP contribution in [0.25, 0.3) is 0 Å². The second-order valence-electron chi connectivity index (χ2n) is 4.63. The standard InChI is InChI=1S/C12H17NO3S/c1-17(15,16)9-3-7-13-8-6-10-11(13)4-2-5-12(10)14/h6,8H,2-5,7,9H2,1H3. The molecule has 17 heavy (non-hydrogen) atoms. The summed E-state index contributed by atoms with van der Waals surface area (Å²) in [5, 5.41) is 0. The summed E-state index contributed by atoms with van der Waals surface area (Å²) >= 11 is 0.